The first-order chi connectivity index (χ1) is 7.07. The van der Waals surface area contributed by atoms with Crippen LogP contribution >= 0.6 is 0 Å². The van der Waals surface area contributed by atoms with Crippen LogP contribution in [0.4, 0.5) is 0 Å². The first-order valence-electron chi connectivity index (χ1n) is 4.42. The molecule has 0 amide bonds. The summed E-state index contributed by atoms with van der Waals surface area (Å²) < 4.78 is 16.4. The molecular formula is C10H18O3Si2. The molecule has 0 fully saturated rings. The maximum absolute atomic E-state index is 5.88. The third-order valence-corrected chi connectivity index (χ3v) is 8.20. The van der Waals surface area contributed by atoms with Gasteiger partial charge >= 0.3 is 8.80 Å². The van der Waals surface area contributed by atoms with Crippen molar-refractivity contribution in [3.05, 3.63) is 49.1 Å². The fraction of sp³-hybridized carbons (Fsp3) is 0.200. The van der Waals surface area contributed by atoms with E-state index in [-0.39, 0.29) is 0 Å². The van der Waals surface area contributed by atoms with Crippen molar-refractivity contribution in [2.24, 2.45) is 0 Å². The van der Waals surface area contributed by atoms with Gasteiger partial charge in [0.15, 0.2) is 0 Å². The fourth-order valence-corrected chi connectivity index (χ4v) is 5.97. The molecular weight excluding hydrogens is 224 g/mol. The van der Waals surface area contributed by atoms with Crippen LogP contribution in [0, 0.1) is 0 Å². The lowest BCUT2D eigenvalue weighted by molar-refractivity contribution is 0.176. The predicted molar refractivity (Wildman–Crippen MR) is 67.4 cm³/mol. The molecule has 0 aromatic carbocycles. The normalized spacial score (nSPS) is 11.9. The van der Waals surface area contributed by atoms with Gasteiger partial charge in [-0.1, -0.05) is 23.7 Å². The highest BCUT2D eigenvalue weighted by Gasteiger charge is 2.42. The molecule has 0 rings (SSSR count). The molecule has 0 N–H and O–H groups in total. The van der Waals surface area contributed by atoms with Crippen LogP contribution in [-0.2, 0) is 13.0 Å². The minimum atomic E-state index is -2.80. The van der Waals surface area contributed by atoms with E-state index >= 15 is 0 Å². The van der Waals surface area contributed by atoms with Crippen molar-refractivity contribution >= 4 is 17.1 Å². The molecule has 0 aromatic rings. The zero-order valence-corrected chi connectivity index (χ0v) is 11.4. The zero-order valence-electron chi connectivity index (χ0n) is 9.36. The van der Waals surface area contributed by atoms with Crippen molar-refractivity contribution in [3.8, 4) is 0 Å². The number of hydrogen-bond acceptors (Lipinski definition) is 3. The van der Waals surface area contributed by atoms with E-state index in [2.05, 4.69) is 26.3 Å². The van der Waals surface area contributed by atoms with E-state index in [1.807, 2.05) is 0 Å². The number of rotatable bonds is 8. The Kier molecular flexibility index (Phi) is 5.70. The smallest absolute Gasteiger partial charge is 0.401 e. The molecule has 0 bridgehead atoms. The maximum Gasteiger partial charge on any atom is 0.518 e. The summed E-state index contributed by atoms with van der Waals surface area (Å²) in [5.74, 6) is 0. The van der Waals surface area contributed by atoms with Crippen LogP contribution in [0.1, 0.15) is 0 Å². The van der Waals surface area contributed by atoms with Gasteiger partial charge in [-0.3, -0.25) is 0 Å². The van der Waals surface area contributed by atoms with Crippen LogP contribution < -0.4 is 0 Å². The van der Waals surface area contributed by atoms with E-state index in [0.29, 0.717) is 0 Å². The van der Waals surface area contributed by atoms with Gasteiger partial charge in [0.2, 0.25) is 0 Å². The molecule has 15 heavy (non-hydrogen) atoms. The fourth-order valence-electron chi connectivity index (χ4n) is 0.996. The molecule has 84 valence electrons. The minimum Gasteiger partial charge on any atom is -0.401 e. The average molecular weight is 242 g/mol. The van der Waals surface area contributed by atoms with Gasteiger partial charge in [-0.25, -0.2) is 0 Å². The van der Waals surface area contributed by atoms with Crippen LogP contribution in [0.25, 0.3) is 0 Å². The van der Waals surface area contributed by atoms with Gasteiger partial charge in [-0.15, -0.1) is 19.7 Å². The summed E-state index contributed by atoms with van der Waals surface area (Å²) in [6.45, 7) is 14.9. The van der Waals surface area contributed by atoms with E-state index in [9.17, 15) is 0 Å². The van der Waals surface area contributed by atoms with E-state index in [1.165, 1.54) is 14.2 Å². The molecule has 0 spiro atoms. The minimum absolute atomic E-state index is 1.53. The summed E-state index contributed by atoms with van der Waals surface area (Å²) in [4.78, 5) is 0. The first kappa shape index (κ1) is 14.3. The molecule has 0 heterocycles. The van der Waals surface area contributed by atoms with Crippen molar-refractivity contribution in [1.82, 2.24) is 0 Å². The van der Waals surface area contributed by atoms with E-state index < -0.39 is 17.1 Å². The highest BCUT2D eigenvalue weighted by Crippen LogP contribution is 2.19. The van der Waals surface area contributed by atoms with Crippen LogP contribution in [0.3, 0.4) is 0 Å². The maximum atomic E-state index is 5.88. The Morgan fingerprint density at radius 1 is 0.800 bits per heavy atom. The molecule has 0 saturated carbocycles. The topological polar surface area (TPSA) is 27.7 Å². The summed E-state index contributed by atoms with van der Waals surface area (Å²) in [6, 6.07) is 0. The lowest BCUT2D eigenvalue weighted by Crippen LogP contribution is -2.51. The standard InChI is InChI=1S/C10H18O3Si2/c1-7-14(8-2,9-3)13-15(10-4,11-5)12-6/h7-10H,1-4H2,5-6H3. The Bertz CT molecular complexity index is 238. The molecule has 3 nitrogen and oxygen atoms in total. The molecule has 0 unspecified atom stereocenters. The second kappa shape index (κ2) is 5.99. The average Bonchev–Trinajstić information content (AvgIpc) is 2.33. The second-order valence-electron chi connectivity index (χ2n) is 2.78. The van der Waals surface area contributed by atoms with E-state index in [0.717, 1.165) is 0 Å². The summed E-state index contributed by atoms with van der Waals surface area (Å²) >= 11 is 0. The third kappa shape index (κ3) is 3.11. The van der Waals surface area contributed by atoms with Gasteiger partial charge < -0.3 is 13.0 Å². The van der Waals surface area contributed by atoms with Gasteiger partial charge in [-0.05, 0) is 5.70 Å². The zero-order chi connectivity index (χ0) is 11.9. The summed E-state index contributed by atoms with van der Waals surface area (Å²) in [5, 5.41) is 0. The highest BCUT2D eigenvalue weighted by atomic mass is 28.5. The monoisotopic (exact) mass is 242 g/mol. The molecule has 0 radical (unpaired) electrons. The van der Waals surface area contributed by atoms with Crippen LogP contribution in [0.2, 0.25) is 0 Å². The highest BCUT2D eigenvalue weighted by molar-refractivity contribution is 6.93. The third-order valence-electron chi connectivity index (χ3n) is 2.10. The largest absolute Gasteiger partial charge is 0.518 e. The second-order valence-corrected chi connectivity index (χ2v) is 8.96. The Hall–Kier alpha value is -0.726. The van der Waals surface area contributed by atoms with Crippen molar-refractivity contribution < 1.29 is 13.0 Å². The number of hydrogen-bond donors (Lipinski definition) is 0. The van der Waals surface area contributed by atoms with Gasteiger partial charge in [0.25, 0.3) is 8.32 Å². The summed E-state index contributed by atoms with van der Waals surface area (Å²) in [5.41, 5.74) is 6.73. The van der Waals surface area contributed by atoms with Crippen molar-refractivity contribution in [2.75, 3.05) is 14.2 Å². The van der Waals surface area contributed by atoms with E-state index in [1.54, 1.807) is 22.8 Å². The van der Waals surface area contributed by atoms with Crippen LogP contribution in [0.5, 0.6) is 0 Å². The molecule has 0 atom stereocenters. The molecule has 0 saturated heterocycles. The Labute approximate surface area is 93.9 Å². The predicted octanol–water partition coefficient (Wildman–Crippen LogP) is 2.08. The Morgan fingerprint density at radius 3 is 1.40 bits per heavy atom. The summed E-state index contributed by atoms with van der Waals surface area (Å²) in [7, 11) is -2.12. The lowest BCUT2D eigenvalue weighted by atomic mass is 11.2. The van der Waals surface area contributed by atoms with Crippen molar-refractivity contribution in [2.45, 2.75) is 0 Å². The Morgan fingerprint density at radius 2 is 1.20 bits per heavy atom. The summed E-state index contributed by atoms with van der Waals surface area (Å²) in [6.07, 6.45) is 0. The van der Waals surface area contributed by atoms with Crippen molar-refractivity contribution in [1.29, 1.82) is 0 Å². The Balaban J connectivity index is 5.07. The van der Waals surface area contributed by atoms with E-state index in [4.69, 9.17) is 13.0 Å². The van der Waals surface area contributed by atoms with Gasteiger partial charge in [0.05, 0.1) is 0 Å². The van der Waals surface area contributed by atoms with Gasteiger partial charge in [0.1, 0.15) is 0 Å². The first-order valence-corrected chi connectivity index (χ1v) is 8.36. The molecule has 0 aliphatic rings. The molecule has 5 heteroatoms. The SMILES string of the molecule is C=C[Si](C=C)(C=C)O[Si](C=C)(OC)OC. The molecule has 0 aliphatic carbocycles. The molecule has 0 aromatic heterocycles. The van der Waals surface area contributed by atoms with Crippen LogP contribution in [-0.4, -0.2) is 31.3 Å². The lowest BCUT2D eigenvalue weighted by Gasteiger charge is -2.31. The van der Waals surface area contributed by atoms with Gasteiger partial charge in [-0.2, -0.15) is 0 Å². The molecule has 0 aliphatic heterocycles. The van der Waals surface area contributed by atoms with Gasteiger partial charge in [0, 0.05) is 14.2 Å². The van der Waals surface area contributed by atoms with Crippen LogP contribution in [0.15, 0.2) is 49.1 Å². The quantitative estimate of drug-likeness (QED) is 0.610. The van der Waals surface area contributed by atoms with Crippen molar-refractivity contribution in [3.63, 3.8) is 0 Å².